The number of hydrogen-bond acceptors (Lipinski definition) is 5. The standard InChI is InChI=1S/C16H20N2O4/c1-3-21-16(19)11-8-12-10-17-18(14-6-4-5-7-22-14)15(12)13(9-11)20-2/h8-10,14H,3-7H2,1-2H3/t14-/m1/s1. The Morgan fingerprint density at radius 3 is 3.00 bits per heavy atom. The molecule has 2 aromatic rings. The zero-order chi connectivity index (χ0) is 15.5. The van der Waals surface area contributed by atoms with E-state index < -0.39 is 0 Å². The van der Waals surface area contributed by atoms with Gasteiger partial charge in [0.2, 0.25) is 0 Å². The molecular formula is C16H20N2O4. The number of hydrogen-bond donors (Lipinski definition) is 0. The third-order valence-electron chi connectivity index (χ3n) is 3.81. The molecule has 1 aliphatic rings. The molecule has 0 spiro atoms. The van der Waals surface area contributed by atoms with Gasteiger partial charge in [0, 0.05) is 12.0 Å². The summed E-state index contributed by atoms with van der Waals surface area (Å²) in [6, 6.07) is 3.48. The minimum atomic E-state index is -0.357. The van der Waals surface area contributed by atoms with Crippen molar-refractivity contribution in [1.29, 1.82) is 0 Å². The number of benzene rings is 1. The summed E-state index contributed by atoms with van der Waals surface area (Å²) < 4.78 is 18.2. The summed E-state index contributed by atoms with van der Waals surface area (Å²) in [5, 5.41) is 5.28. The van der Waals surface area contributed by atoms with Crippen LogP contribution in [0.25, 0.3) is 10.9 Å². The zero-order valence-corrected chi connectivity index (χ0v) is 12.9. The van der Waals surface area contributed by atoms with Crippen LogP contribution in [0.1, 0.15) is 42.8 Å². The van der Waals surface area contributed by atoms with E-state index in [-0.39, 0.29) is 12.2 Å². The van der Waals surface area contributed by atoms with E-state index in [2.05, 4.69) is 5.10 Å². The summed E-state index contributed by atoms with van der Waals surface area (Å²) >= 11 is 0. The Morgan fingerprint density at radius 1 is 1.45 bits per heavy atom. The van der Waals surface area contributed by atoms with Gasteiger partial charge in [-0.05, 0) is 38.3 Å². The number of nitrogens with zero attached hydrogens (tertiary/aromatic N) is 2. The van der Waals surface area contributed by atoms with Crippen molar-refractivity contribution in [3.05, 3.63) is 23.9 Å². The second kappa shape index (κ2) is 6.36. The van der Waals surface area contributed by atoms with Crippen molar-refractivity contribution < 1.29 is 19.0 Å². The first kappa shape index (κ1) is 14.8. The van der Waals surface area contributed by atoms with Crippen LogP contribution in [-0.4, -0.2) is 36.1 Å². The maximum absolute atomic E-state index is 11.9. The molecule has 1 atom stereocenters. The van der Waals surface area contributed by atoms with Crippen LogP contribution in [0.5, 0.6) is 5.75 Å². The molecule has 2 heterocycles. The molecule has 0 amide bonds. The summed E-state index contributed by atoms with van der Waals surface area (Å²) in [7, 11) is 1.59. The number of carbonyl (C=O) groups is 1. The molecule has 1 aliphatic heterocycles. The van der Waals surface area contributed by atoms with E-state index >= 15 is 0 Å². The van der Waals surface area contributed by atoms with Gasteiger partial charge in [-0.15, -0.1) is 0 Å². The number of fused-ring (bicyclic) bond motifs is 1. The van der Waals surface area contributed by atoms with Crippen LogP contribution in [0.15, 0.2) is 18.3 Å². The number of rotatable bonds is 4. The molecule has 6 nitrogen and oxygen atoms in total. The van der Waals surface area contributed by atoms with Crippen molar-refractivity contribution in [1.82, 2.24) is 9.78 Å². The lowest BCUT2D eigenvalue weighted by Gasteiger charge is -2.24. The Bertz CT molecular complexity index is 674. The van der Waals surface area contributed by atoms with Crippen LogP contribution >= 0.6 is 0 Å². The predicted octanol–water partition coefficient (Wildman–Crippen LogP) is 2.92. The normalized spacial score (nSPS) is 18.4. The quantitative estimate of drug-likeness (QED) is 0.813. The van der Waals surface area contributed by atoms with Gasteiger partial charge in [-0.2, -0.15) is 5.10 Å². The topological polar surface area (TPSA) is 62.6 Å². The van der Waals surface area contributed by atoms with Crippen LogP contribution in [0.3, 0.4) is 0 Å². The molecule has 0 radical (unpaired) electrons. The second-order valence-electron chi connectivity index (χ2n) is 5.25. The molecule has 0 unspecified atom stereocenters. The third kappa shape index (κ3) is 2.66. The van der Waals surface area contributed by atoms with E-state index in [0.29, 0.717) is 17.9 Å². The molecule has 3 rings (SSSR count). The highest BCUT2D eigenvalue weighted by molar-refractivity contribution is 5.97. The summed E-state index contributed by atoms with van der Waals surface area (Å²) in [5.41, 5.74) is 1.32. The van der Waals surface area contributed by atoms with E-state index in [9.17, 15) is 4.79 Å². The van der Waals surface area contributed by atoms with Crippen molar-refractivity contribution in [2.75, 3.05) is 20.3 Å². The van der Waals surface area contributed by atoms with Gasteiger partial charge in [0.1, 0.15) is 11.3 Å². The molecule has 0 aliphatic carbocycles. The van der Waals surface area contributed by atoms with Gasteiger partial charge in [0.15, 0.2) is 6.23 Å². The van der Waals surface area contributed by atoms with Gasteiger partial charge >= 0.3 is 5.97 Å². The number of methoxy groups -OCH3 is 1. The lowest BCUT2D eigenvalue weighted by molar-refractivity contribution is -0.0368. The highest BCUT2D eigenvalue weighted by Crippen LogP contribution is 2.32. The van der Waals surface area contributed by atoms with Gasteiger partial charge in [-0.25, -0.2) is 9.48 Å². The molecule has 0 saturated carbocycles. The van der Waals surface area contributed by atoms with Gasteiger partial charge in [-0.3, -0.25) is 0 Å². The van der Waals surface area contributed by atoms with E-state index in [1.165, 1.54) is 0 Å². The molecule has 118 valence electrons. The number of aromatic nitrogens is 2. The SMILES string of the molecule is CCOC(=O)c1cc(OC)c2c(cnn2[C@H]2CCCCO2)c1. The van der Waals surface area contributed by atoms with E-state index in [1.807, 2.05) is 4.68 Å². The Morgan fingerprint density at radius 2 is 2.32 bits per heavy atom. The molecule has 0 N–H and O–H groups in total. The maximum Gasteiger partial charge on any atom is 0.338 e. The fraction of sp³-hybridized carbons (Fsp3) is 0.500. The first-order valence-corrected chi connectivity index (χ1v) is 7.58. The fourth-order valence-electron chi connectivity index (χ4n) is 2.78. The minimum Gasteiger partial charge on any atom is -0.494 e. The molecule has 22 heavy (non-hydrogen) atoms. The Kier molecular flexibility index (Phi) is 4.29. The third-order valence-corrected chi connectivity index (χ3v) is 3.81. The van der Waals surface area contributed by atoms with Gasteiger partial charge in [0.05, 0.1) is 25.5 Å². The summed E-state index contributed by atoms with van der Waals surface area (Å²) in [4.78, 5) is 11.9. The maximum atomic E-state index is 11.9. The average Bonchev–Trinajstić information content (AvgIpc) is 2.99. The van der Waals surface area contributed by atoms with E-state index in [4.69, 9.17) is 14.2 Å². The van der Waals surface area contributed by atoms with Crippen LogP contribution < -0.4 is 4.74 Å². The largest absolute Gasteiger partial charge is 0.494 e. The van der Waals surface area contributed by atoms with E-state index in [1.54, 1.807) is 32.4 Å². The molecule has 1 aromatic carbocycles. The van der Waals surface area contributed by atoms with Gasteiger partial charge < -0.3 is 14.2 Å². The lowest BCUT2D eigenvalue weighted by atomic mass is 10.1. The van der Waals surface area contributed by atoms with Crippen LogP contribution in [0.2, 0.25) is 0 Å². The van der Waals surface area contributed by atoms with E-state index in [0.717, 1.165) is 36.8 Å². The Balaban J connectivity index is 2.04. The molecular weight excluding hydrogens is 284 g/mol. The van der Waals surface area contributed by atoms with Crippen LogP contribution in [0.4, 0.5) is 0 Å². The summed E-state index contributed by atoms with van der Waals surface area (Å²) in [5.74, 6) is 0.247. The van der Waals surface area contributed by atoms with Gasteiger partial charge in [0.25, 0.3) is 0 Å². The molecule has 6 heteroatoms. The summed E-state index contributed by atoms with van der Waals surface area (Å²) in [6.07, 6.45) is 4.79. The van der Waals surface area contributed by atoms with Crippen molar-refractivity contribution >= 4 is 16.9 Å². The fourth-order valence-corrected chi connectivity index (χ4v) is 2.78. The molecule has 1 aromatic heterocycles. The molecule has 1 saturated heterocycles. The average molecular weight is 304 g/mol. The number of carbonyl (C=O) groups excluding carboxylic acids is 1. The predicted molar refractivity (Wildman–Crippen MR) is 81.1 cm³/mol. The first-order chi connectivity index (χ1) is 10.7. The first-order valence-electron chi connectivity index (χ1n) is 7.58. The van der Waals surface area contributed by atoms with Crippen molar-refractivity contribution in [2.45, 2.75) is 32.4 Å². The van der Waals surface area contributed by atoms with Crippen LogP contribution in [-0.2, 0) is 9.47 Å². The monoisotopic (exact) mass is 304 g/mol. The van der Waals surface area contributed by atoms with Gasteiger partial charge in [-0.1, -0.05) is 0 Å². The molecule has 1 fully saturated rings. The number of ether oxygens (including phenoxy) is 3. The Labute approximate surface area is 129 Å². The smallest absolute Gasteiger partial charge is 0.338 e. The van der Waals surface area contributed by atoms with Crippen molar-refractivity contribution in [2.24, 2.45) is 0 Å². The summed E-state index contributed by atoms with van der Waals surface area (Å²) in [6.45, 7) is 2.87. The minimum absolute atomic E-state index is 0.0754. The number of esters is 1. The second-order valence-corrected chi connectivity index (χ2v) is 5.25. The lowest BCUT2D eigenvalue weighted by Crippen LogP contribution is -2.19. The highest BCUT2D eigenvalue weighted by Gasteiger charge is 2.22. The zero-order valence-electron chi connectivity index (χ0n) is 12.9. The molecule has 0 bridgehead atoms. The van der Waals surface area contributed by atoms with Crippen LogP contribution in [0, 0.1) is 0 Å². The Hall–Kier alpha value is -2.08. The van der Waals surface area contributed by atoms with Crippen molar-refractivity contribution in [3.63, 3.8) is 0 Å². The highest BCUT2D eigenvalue weighted by atomic mass is 16.5. The van der Waals surface area contributed by atoms with Crippen molar-refractivity contribution in [3.8, 4) is 5.75 Å².